The molecule has 2 aromatic rings. The van der Waals surface area contributed by atoms with E-state index in [9.17, 15) is 0 Å². The van der Waals surface area contributed by atoms with Crippen LogP contribution in [0, 0.1) is 0 Å². The molecule has 0 spiro atoms. The number of rotatable bonds is 4. The van der Waals surface area contributed by atoms with Crippen molar-refractivity contribution in [3.05, 3.63) is 42.5 Å². The average molecular weight is 486 g/mol. The maximum atomic E-state index is 4.83. The largest absolute Gasteiger partial charge is 0.357 e. The standard InChI is InChI=1S/C18H26N6S.HI/c1-4-19-17(23-10-11-25-18(2,3)13-23)20-12-16-22-21-14-24(16)15-8-6-5-7-9-15;/h5-9,14H,4,10-13H2,1-3H3,(H,19,20);1H. The fourth-order valence-corrected chi connectivity index (χ4v) is 4.05. The Hall–Kier alpha value is -1.29. The second-order valence-electron chi connectivity index (χ2n) is 6.65. The zero-order valence-corrected chi connectivity index (χ0v) is 18.7. The molecular weight excluding hydrogens is 459 g/mol. The number of thioether (sulfide) groups is 1. The Morgan fingerprint density at radius 2 is 2.08 bits per heavy atom. The van der Waals surface area contributed by atoms with Gasteiger partial charge in [-0.05, 0) is 32.9 Å². The van der Waals surface area contributed by atoms with Gasteiger partial charge in [-0.15, -0.1) is 34.2 Å². The molecule has 3 rings (SSSR count). The molecule has 6 nitrogen and oxygen atoms in total. The summed E-state index contributed by atoms with van der Waals surface area (Å²) in [5.41, 5.74) is 1.05. The van der Waals surface area contributed by atoms with E-state index in [1.54, 1.807) is 6.33 Å². The predicted octanol–water partition coefficient (Wildman–Crippen LogP) is 3.18. The molecule has 142 valence electrons. The lowest BCUT2D eigenvalue weighted by Gasteiger charge is -2.39. The van der Waals surface area contributed by atoms with Gasteiger partial charge in [0.2, 0.25) is 0 Å². The first-order chi connectivity index (χ1) is 12.1. The monoisotopic (exact) mass is 486 g/mol. The summed E-state index contributed by atoms with van der Waals surface area (Å²) in [5.74, 6) is 2.92. The van der Waals surface area contributed by atoms with Gasteiger partial charge >= 0.3 is 0 Å². The van der Waals surface area contributed by atoms with Gasteiger partial charge in [-0.3, -0.25) is 4.57 Å². The number of hydrogen-bond donors (Lipinski definition) is 1. The van der Waals surface area contributed by atoms with E-state index in [4.69, 9.17) is 4.99 Å². The van der Waals surface area contributed by atoms with Crippen molar-refractivity contribution in [2.45, 2.75) is 32.1 Å². The second kappa shape index (κ2) is 9.59. The number of nitrogens with one attached hydrogen (secondary N) is 1. The molecule has 0 unspecified atom stereocenters. The number of halogens is 1. The quantitative estimate of drug-likeness (QED) is 0.409. The van der Waals surface area contributed by atoms with Gasteiger partial charge in [0.15, 0.2) is 11.8 Å². The van der Waals surface area contributed by atoms with Gasteiger partial charge in [0, 0.05) is 35.8 Å². The summed E-state index contributed by atoms with van der Waals surface area (Å²) in [6, 6.07) is 10.1. The predicted molar refractivity (Wildman–Crippen MR) is 120 cm³/mol. The van der Waals surface area contributed by atoms with Crippen LogP contribution in [0.15, 0.2) is 41.7 Å². The third-order valence-electron chi connectivity index (χ3n) is 4.08. The lowest BCUT2D eigenvalue weighted by molar-refractivity contribution is 0.375. The number of nitrogens with zero attached hydrogens (tertiary/aromatic N) is 5. The Morgan fingerprint density at radius 1 is 1.31 bits per heavy atom. The SMILES string of the molecule is CCNC(=NCc1nncn1-c1ccccc1)N1CCSC(C)(C)C1.I. The Bertz CT molecular complexity index is 715. The van der Waals surface area contributed by atoms with E-state index in [2.05, 4.69) is 41.2 Å². The Labute approximate surface area is 176 Å². The molecule has 0 saturated carbocycles. The minimum Gasteiger partial charge on any atom is -0.357 e. The van der Waals surface area contributed by atoms with Crippen LogP contribution < -0.4 is 5.32 Å². The molecule has 8 heteroatoms. The summed E-state index contributed by atoms with van der Waals surface area (Å²) < 4.78 is 2.24. The van der Waals surface area contributed by atoms with E-state index >= 15 is 0 Å². The van der Waals surface area contributed by atoms with E-state index in [0.717, 1.165) is 42.9 Å². The molecule has 1 N–H and O–H groups in total. The van der Waals surface area contributed by atoms with E-state index in [-0.39, 0.29) is 28.7 Å². The van der Waals surface area contributed by atoms with Gasteiger partial charge in [0.1, 0.15) is 12.9 Å². The van der Waals surface area contributed by atoms with Gasteiger partial charge in [0.25, 0.3) is 0 Å². The third-order valence-corrected chi connectivity index (χ3v) is 5.38. The summed E-state index contributed by atoms with van der Waals surface area (Å²) in [6.07, 6.45) is 1.74. The van der Waals surface area contributed by atoms with Crippen molar-refractivity contribution in [2.75, 3.05) is 25.4 Å². The third kappa shape index (κ3) is 5.35. The van der Waals surface area contributed by atoms with Crippen LogP contribution in [-0.2, 0) is 6.54 Å². The van der Waals surface area contributed by atoms with Gasteiger partial charge in [-0.25, -0.2) is 4.99 Å². The minimum atomic E-state index is 0. The van der Waals surface area contributed by atoms with Gasteiger partial charge < -0.3 is 10.2 Å². The average Bonchev–Trinajstić information content (AvgIpc) is 3.07. The van der Waals surface area contributed by atoms with Crippen molar-refractivity contribution >= 4 is 41.7 Å². The topological polar surface area (TPSA) is 58.3 Å². The smallest absolute Gasteiger partial charge is 0.194 e. The fourth-order valence-electron chi connectivity index (χ4n) is 2.94. The Kier molecular flexibility index (Phi) is 7.75. The molecular formula is C18H27IN6S. The minimum absolute atomic E-state index is 0. The van der Waals surface area contributed by atoms with E-state index in [1.165, 1.54) is 0 Å². The first kappa shape index (κ1) is 21.0. The first-order valence-corrected chi connectivity index (χ1v) is 9.69. The Balaban J connectivity index is 0.00000243. The number of hydrogen-bond acceptors (Lipinski definition) is 4. The number of guanidine groups is 1. The molecule has 0 amide bonds. The molecule has 2 heterocycles. The van der Waals surface area contributed by atoms with Crippen molar-refractivity contribution in [1.29, 1.82) is 0 Å². The zero-order chi connectivity index (χ0) is 17.7. The van der Waals surface area contributed by atoms with E-state index in [1.807, 2.05) is 46.7 Å². The van der Waals surface area contributed by atoms with Crippen LogP contribution in [0.25, 0.3) is 5.69 Å². The number of aliphatic imine (C=N–C) groups is 1. The highest BCUT2D eigenvalue weighted by Gasteiger charge is 2.28. The molecule has 1 aliphatic heterocycles. The van der Waals surface area contributed by atoms with Crippen molar-refractivity contribution < 1.29 is 0 Å². The molecule has 0 aliphatic carbocycles. The van der Waals surface area contributed by atoms with Gasteiger partial charge in [-0.2, -0.15) is 11.8 Å². The molecule has 1 saturated heterocycles. The molecule has 1 aliphatic rings. The molecule has 1 aromatic carbocycles. The highest BCUT2D eigenvalue weighted by atomic mass is 127. The van der Waals surface area contributed by atoms with Crippen LogP contribution in [0.2, 0.25) is 0 Å². The van der Waals surface area contributed by atoms with Gasteiger partial charge in [-0.1, -0.05) is 18.2 Å². The highest BCUT2D eigenvalue weighted by Crippen LogP contribution is 2.29. The Morgan fingerprint density at radius 3 is 2.77 bits per heavy atom. The molecule has 0 atom stereocenters. The molecule has 0 radical (unpaired) electrons. The molecule has 1 fully saturated rings. The lowest BCUT2D eigenvalue weighted by Crippen LogP contribution is -2.51. The van der Waals surface area contributed by atoms with Crippen molar-refractivity contribution in [2.24, 2.45) is 4.99 Å². The summed E-state index contributed by atoms with van der Waals surface area (Å²) in [6.45, 7) is 10.1. The van der Waals surface area contributed by atoms with Crippen LogP contribution in [0.1, 0.15) is 26.6 Å². The number of para-hydroxylation sites is 1. The molecule has 26 heavy (non-hydrogen) atoms. The maximum Gasteiger partial charge on any atom is 0.194 e. The van der Waals surface area contributed by atoms with Gasteiger partial charge in [0.05, 0.1) is 0 Å². The van der Waals surface area contributed by atoms with Crippen LogP contribution >= 0.6 is 35.7 Å². The maximum absolute atomic E-state index is 4.83. The molecule has 0 bridgehead atoms. The highest BCUT2D eigenvalue weighted by molar-refractivity contribution is 14.0. The van der Waals surface area contributed by atoms with Crippen LogP contribution in [-0.4, -0.2) is 55.8 Å². The fraction of sp³-hybridized carbons (Fsp3) is 0.500. The normalized spacial score (nSPS) is 16.9. The van der Waals surface area contributed by atoms with Crippen LogP contribution in [0.5, 0.6) is 0 Å². The summed E-state index contributed by atoms with van der Waals surface area (Å²) in [5, 5.41) is 11.7. The van der Waals surface area contributed by atoms with E-state index < -0.39 is 0 Å². The zero-order valence-electron chi connectivity index (χ0n) is 15.6. The van der Waals surface area contributed by atoms with Crippen molar-refractivity contribution in [3.63, 3.8) is 0 Å². The molecule has 1 aromatic heterocycles. The second-order valence-corrected chi connectivity index (χ2v) is 8.45. The van der Waals surface area contributed by atoms with Crippen LogP contribution in [0.3, 0.4) is 0 Å². The lowest BCUT2D eigenvalue weighted by atomic mass is 10.2. The summed E-state index contributed by atoms with van der Waals surface area (Å²) in [4.78, 5) is 7.18. The van der Waals surface area contributed by atoms with Crippen molar-refractivity contribution in [1.82, 2.24) is 25.0 Å². The number of benzene rings is 1. The van der Waals surface area contributed by atoms with Crippen molar-refractivity contribution in [3.8, 4) is 5.69 Å². The van der Waals surface area contributed by atoms with Crippen LogP contribution in [0.4, 0.5) is 0 Å². The summed E-state index contributed by atoms with van der Waals surface area (Å²) in [7, 11) is 0. The summed E-state index contributed by atoms with van der Waals surface area (Å²) >= 11 is 2.02. The first-order valence-electron chi connectivity index (χ1n) is 8.70. The van der Waals surface area contributed by atoms with E-state index in [0.29, 0.717) is 6.54 Å². The number of aromatic nitrogens is 3.